The molecule has 0 heterocycles. The van der Waals surface area contributed by atoms with Gasteiger partial charge in [-0.1, -0.05) is 36.4 Å². The van der Waals surface area contributed by atoms with Gasteiger partial charge in [-0.3, -0.25) is 14.4 Å². The van der Waals surface area contributed by atoms with Crippen LogP contribution in [0.15, 0.2) is 89.5 Å². The summed E-state index contributed by atoms with van der Waals surface area (Å²) in [5.74, 6) is -13.4. The molecule has 244 valence electrons. The van der Waals surface area contributed by atoms with Gasteiger partial charge in [0.25, 0.3) is 11.8 Å². The van der Waals surface area contributed by atoms with Crippen LogP contribution >= 0.6 is 11.8 Å². The van der Waals surface area contributed by atoms with E-state index in [1.54, 1.807) is 23.5 Å². The summed E-state index contributed by atoms with van der Waals surface area (Å²) in [7, 11) is 0. The molecule has 4 aromatic rings. The number of halogens is 8. The van der Waals surface area contributed by atoms with E-state index in [9.17, 15) is 49.5 Å². The zero-order valence-electron chi connectivity index (χ0n) is 23.8. The van der Waals surface area contributed by atoms with Gasteiger partial charge in [0.2, 0.25) is 5.91 Å². The zero-order valence-corrected chi connectivity index (χ0v) is 24.6. The van der Waals surface area contributed by atoms with Gasteiger partial charge in [-0.25, -0.2) is 22.0 Å². The predicted octanol–water partition coefficient (Wildman–Crippen LogP) is 7.93. The lowest BCUT2D eigenvalue weighted by atomic mass is 10.1. The topological polar surface area (TPSA) is 87.3 Å². The Hall–Kier alpha value is -5.18. The lowest BCUT2D eigenvalue weighted by Crippen LogP contribution is -2.30. The summed E-state index contributed by atoms with van der Waals surface area (Å²) in [6, 6.07) is 18.9. The number of rotatable bonds is 9. The van der Waals surface area contributed by atoms with E-state index in [-0.39, 0.29) is 16.9 Å². The SMILES string of the molecule is CC(Sc1cccc(NC(=O)/C(=C\c2ccc(F)cc2)NC(=O)c2ccccc2)c1)C(=O)Nc1c(F)c(F)c(C(F)(F)F)c(F)c1F. The van der Waals surface area contributed by atoms with E-state index >= 15 is 0 Å². The molecular weight excluding hydrogens is 658 g/mol. The summed E-state index contributed by atoms with van der Waals surface area (Å²) in [6.45, 7) is 1.24. The first-order valence-corrected chi connectivity index (χ1v) is 14.2. The Morgan fingerprint density at radius 1 is 0.766 bits per heavy atom. The van der Waals surface area contributed by atoms with Crippen molar-refractivity contribution < 1.29 is 49.5 Å². The molecule has 6 nitrogen and oxygen atoms in total. The van der Waals surface area contributed by atoms with Crippen molar-refractivity contribution in [3.63, 3.8) is 0 Å². The van der Waals surface area contributed by atoms with Crippen LogP contribution in [0.25, 0.3) is 6.08 Å². The van der Waals surface area contributed by atoms with E-state index < -0.39 is 69.5 Å². The second-order valence-electron chi connectivity index (χ2n) is 9.66. The molecule has 0 bridgehead atoms. The number of amides is 3. The lowest BCUT2D eigenvalue weighted by molar-refractivity contribution is -0.143. The van der Waals surface area contributed by atoms with Gasteiger partial charge in [0.15, 0.2) is 23.3 Å². The van der Waals surface area contributed by atoms with Gasteiger partial charge in [-0.2, -0.15) is 13.2 Å². The first-order valence-electron chi connectivity index (χ1n) is 13.3. The Kier molecular flexibility index (Phi) is 10.7. The number of thioether (sulfide) groups is 1. The average Bonchev–Trinajstić information content (AvgIpc) is 3.02. The molecule has 0 aliphatic carbocycles. The molecule has 3 N–H and O–H groups in total. The number of hydrogen-bond donors (Lipinski definition) is 3. The van der Waals surface area contributed by atoms with E-state index in [2.05, 4.69) is 10.6 Å². The fourth-order valence-corrected chi connectivity index (χ4v) is 4.91. The standard InChI is InChI=1S/C32H21F8N3O3S/c1-16(29(44)43-28-26(36)24(34)23(32(38,39)40)25(35)27(28)37)47-21-9-5-8-20(15-21)41-31(46)22(14-17-10-12-19(33)13-11-17)42-30(45)18-6-3-2-4-7-18/h2-16H,1H3,(H,41,46)(H,42,45)(H,43,44)/b22-14+. The van der Waals surface area contributed by atoms with Crippen LogP contribution in [0, 0.1) is 29.1 Å². The Labute approximate surface area is 265 Å². The first kappa shape index (κ1) is 34.7. The monoisotopic (exact) mass is 679 g/mol. The second-order valence-corrected chi connectivity index (χ2v) is 11.1. The fraction of sp³-hybridized carbons (Fsp3) is 0.0938. The van der Waals surface area contributed by atoms with Gasteiger partial charge < -0.3 is 16.0 Å². The number of nitrogens with one attached hydrogen (secondary N) is 3. The molecule has 4 rings (SSSR count). The maximum absolute atomic E-state index is 14.3. The summed E-state index contributed by atoms with van der Waals surface area (Å²) >= 11 is 0.764. The van der Waals surface area contributed by atoms with Gasteiger partial charge in [0.05, 0.1) is 5.25 Å². The maximum atomic E-state index is 14.3. The normalized spacial score (nSPS) is 12.3. The van der Waals surface area contributed by atoms with E-state index in [0.717, 1.165) is 23.9 Å². The van der Waals surface area contributed by atoms with Crippen molar-refractivity contribution in [2.24, 2.45) is 0 Å². The van der Waals surface area contributed by atoms with Crippen molar-refractivity contribution in [3.8, 4) is 0 Å². The minimum Gasteiger partial charge on any atom is -0.321 e. The van der Waals surface area contributed by atoms with Crippen LogP contribution in [-0.4, -0.2) is 23.0 Å². The molecule has 0 fully saturated rings. The molecule has 0 aliphatic rings. The number of hydrogen-bond acceptors (Lipinski definition) is 4. The van der Waals surface area contributed by atoms with Crippen molar-refractivity contribution in [3.05, 3.63) is 130 Å². The molecule has 0 radical (unpaired) electrons. The Morgan fingerprint density at radius 3 is 1.98 bits per heavy atom. The largest absolute Gasteiger partial charge is 0.422 e. The zero-order chi connectivity index (χ0) is 34.5. The predicted molar refractivity (Wildman–Crippen MR) is 159 cm³/mol. The van der Waals surface area contributed by atoms with Gasteiger partial charge >= 0.3 is 6.18 Å². The van der Waals surface area contributed by atoms with E-state index in [1.165, 1.54) is 61.5 Å². The van der Waals surface area contributed by atoms with Crippen molar-refractivity contribution in [2.45, 2.75) is 23.2 Å². The summed E-state index contributed by atoms with van der Waals surface area (Å²) in [4.78, 5) is 39.0. The van der Waals surface area contributed by atoms with Crippen LogP contribution in [0.5, 0.6) is 0 Å². The van der Waals surface area contributed by atoms with Crippen LogP contribution in [0.3, 0.4) is 0 Å². The van der Waals surface area contributed by atoms with E-state index in [1.807, 2.05) is 0 Å². The Morgan fingerprint density at radius 2 is 1.38 bits per heavy atom. The second kappa shape index (κ2) is 14.5. The quantitative estimate of drug-likeness (QED) is 0.0726. The molecule has 1 unspecified atom stereocenters. The fourth-order valence-electron chi connectivity index (χ4n) is 3.99. The number of anilines is 2. The molecule has 0 saturated heterocycles. The van der Waals surface area contributed by atoms with Gasteiger partial charge in [-0.15, -0.1) is 11.8 Å². The molecule has 1 atom stereocenters. The van der Waals surface area contributed by atoms with Crippen LogP contribution in [0.2, 0.25) is 0 Å². The Balaban J connectivity index is 1.50. The number of benzene rings is 4. The van der Waals surface area contributed by atoms with Crippen LogP contribution in [-0.2, 0) is 15.8 Å². The lowest BCUT2D eigenvalue weighted by Gasteiger charge is -2.17. The van der Waals surface area contributed by atoms with E-state index in [4.69, 9.17) is 0 Å². The molecule has 0 aliphatic heterocycles. The molecular formula is C32H21F8N3O3S. The molecule has 15 heteroatoms. The molecule has 0 aromatic heterocycles. The Bertz CT molecular complexity index is 1820. The third-order valence-electron chi connectivity index (χ3n) is 6.28. The third kappa shape index (κ3) is 8.55. The van der Waals surface area contributed by atoms with E-state index in [0.29, 0.717) is 10.5 Å². The highest BCUT2D eigenvalue weighted by Gasteiger charge is 2.42. The summed E-state index contributed by atoms with van der Waals surface area (Å²) in [5.41, 5.74) is -3.93. The number of alkyl halides is 3. The maximum Gasteiger partial charge on any atom is 0.422 e. The first-order chi connectivity index (χ1) is 22.1. The van der Waals surface area contributed by atoms with Crippen LogP contribution in [0.4, 0.5) is 46.5 Å². The van der Waals surface area contributed by atoms with Crippen LogP contribution in [0.1, 0.15) is 28.4 Å². The van der Waals surface area contributed by atoms with Crippen molar-refractivity contribution in [2.75, 3.05) is 10.6 Å². The van der Waals surface area contributed by atoms with Crippen molar-refractivity contribution in [1.82, 2.24) is 5.32 Å². The van der Waals surface area contributed by atoms with Gasteiger partial charge in [0, 0.05) is 16.1 Å². The number of carbonyl (C=O) groups is 3. The molecule has 4 aromatic carbocycles. The van der Waals surface area contributed by atoms with Crippen LogP contribution < -0.4 is 16.0 Å². The highest BCUT2D eigenvalue weighted by Crippen LogP contribution is 2.39. The molecule has 0 saturated carbocycles. The minimum atomic E-state index is -5.74. The third-order valence-corrected chi connectivity index (χ3v) is 7.37. The van der Waals surface area contributed by atoms with Crippen molar-refractivity contribution >= 4 is 46.9 Å². The molecule has 3 amide bonds. The summed E-state index contributed by atoms with van der Waals surface area (Å²) in [6.07, 6.45) is -4.43. The van der Waals surface area contributed by atoms with Gasteiger partial charge in [0.1, 0.15) is 22.8 Å². The highest BCUT2D eigenvalue weighted by atomic mass is 32.2. The smallest absolute Gasteiger partial charge is 0.321 e. The highest BCUT2D eigenvalue weighted by molar-refractivity contribution is 8.00. The summed E-state index contributed by atoms with van der Waals surface area (Å²) in [5, 5.41) is 5.44. The summed E-state index contributed by atoms with van der Waals surface area (Å²) < 4.78 is 108. The minimum absolute atomic E-state index is 0.163. The number of carbonyl (C=O) groups excluding carboxylic acids is 3. The molecule has 47 heavy (non-hydrogen) atoms. The van der Waals surface area contributed by atoms with Gasteiger partial charge in [-0.05, 0) is 61.0 Å². The van der Waals surface area contributed by atoms with Crippen molar-refractivity contribution in [1.29, 1.82) is 0 Å². The average molecular weight is 680 g/mol. The molecule has 0 spiro atoms.